The molecule has 0 saturated carbocycles. The fourth-order valence-electron chi connectivity index (χ4n) is 13.4. The standard InChI is InChI=1S/C84H67N5O/c1-82(2,3)56-42-45-85-78(49-56)89-74-36-18-15-29-64(74)65-40-39-59(51-76(65)89)90-58-25-19-24-57(50-58)86-52-87-80-68(33-21-37-75(80)88-72-34-16-13-27-62(72)63-28-14-17-35-73(63)88)67-32-20-31-60(53-22-9-8-10-23-53)79(67)66-30-12-11-26-61(66)69-46-55(48-77(86)81(69)87)54-38-41-70-71(47-54)84(6,7)44-43-83(70,4)5/h8-42,45-51H,43-44H2,1-7H3/i4D3,5D3,6D3,7D3,8D,9D,10D,22D,23D,38D,41D,43D2,44D2,47D. The number of aromatic nitrogens is 5. The van der Waals surface area contributed by atoms with Crippen LogP contribution in [0.2, 0.25) is 0 Å². The van der Waals surface area contributed by atoms with Gasteiger partial charge in [-0.15, -0.1) is 0 Å². The summed E-state index contributed by atoms with van der Waals surface area (Å²) in [7, 11) is 0. The third-order valence-corrected chi connectivity index (χ3v) is 17.5. The summed E-state index contributed by atoms with van der Waals surface area (Å²) in [4.78, 5) is 4.88. The van der Waals surface area contributed by atoms with Gasteiger partial charge in [-0.05, 0) is 174 Å². The molecule has 5 heterocycles. The maximum Gasteiger partial charge on any atom is 0.269 e. The summed E-state index contributed by atoms with van der Waals surface area (Å²) in [6.45, 7) is -10.9. The molecule has 15 aromatic rings. The number of rotatable bonds is 7. The second-order valence-electron chi connectivity index (χ2n) is 24.0. The Morgan fingerprint density at radius 2 is 1.14 bits per heavy atom. The Kier molecular flexibility index (Phi) is 7.61. The van der Waals surface area contributed by atoms with Crippen molar-refractivity contribution in [3.63, 3.8) is 0 Å². The molecule has 1 aliphatic heterocycles. The molecule has 1 aliphatic carbocycles. The van der Waals surface area contributed by atoms with Crippen molar-refractivity contribution in [3.05, 3.63) is 278 Å². The summed E-state index contributed by atoms with van der Waals surface area (Å²) < 4.78 is 240. The fraction of sp³-hybridized carbons (Fsp3) is 0.143. The molecule has 2 aliphatic rings. The molecule has 0 spiro atoms. The van der Waals surface area contributed by atoms with Crippen molar-refractivity contribution in [2.24, 2.45) is 0 Å². The van der Waals surface area contributed by atoms with Gasteiger partial charge in [0.05, 0.1) is 61.1 Å². The first-order chi connectivity index (χ1) is 53.6. The average molecular weight is 1190 g/mol. The highest BCUT2D eigenvalue weighted by Crippen LogP contribution is 2.51. The molecular formula is C84H67N5O. The summed E-state index contributed by atoms with van der Waals surface area (Å²) >= 11 is 0. The van der Waals surface area contributed by atoms with E-state index in [1.807, 2.05) is 126 Å². The first-order valence-electron chi connectivity index (χ1n) is 41.5. The Labute approximate surface area is 558 Å². The Morgan fingerprint density at radius 3 is 1.89 bits per heavy atom. The number of hydrogen-bond donors (Lipinski definition) is 0. The third-order valence-electron chi connectivity index (χ3n) is 17.5. The zero-order valence-corrected chi connectivity index (χ0v) is 48.8. The molecule has 0 N–H and O–H groups in total. The van der Waals surface area contributed by atoms with Crippen LogP contribution in [0.4, 0.5) is 0 Å². The van der Waals surface area contributed by atoms with E-state index in [0.29, 0.717) is 50.9 Å². The monoisotopic (exact) mass is 1190 g/mol. The smallest absolute Gasteiger partial charge is 0.269 e. The molecule has 0 amide bonds. The largest absolute Gasteiger partial charge is 0.458 e. The third kappa shape index (κ3) is 8.38. The number of pyridine rings is 1. The van der Waals surface area contributed by atoms with Crippen LogP contribution in [0.3, 0.4) is 0 Å². The number of para-hydroxylation sites is 4. The normalized spacial score (nSPS) is 19.6. The lowest BCUT2D eigenvalue weighted by molar-refractivity contribution is -0.571. The second kappa shape index (κ2) is 20.0. The molecule has 0 atom stereocenters. The predicted molar refractivity (Wildman–Crippen MR) is 371 cm³/mol. The fourth-order valence-corrected chi connectivity index (χ4v) is 13.4. The van der Waals surface area contributed by atoms with Crippen molar-refractivity contribution >= 4 is 54.6 Å². The highest BCUT2D eigenvalue weighted by Gasteiger charge is 2.38. The zero-order chi connectivity index (χ0) is 81.3. The van der Waals surface area contributed by atoms with Gasteiger partial charge in [-0.2, -0.15) is 0 Å². The zero-order valence-electron chi connectivity index (χ0n) is 72.8. The second-order valence-corrected chi connectivity index (χ2v) is 24.0. The van der Waals surface area contributed by atoms with Crippen LogP contribution in [-0.2, 0) is 16.2 Å². The highest BCUT2D eigenvalue weighted by molar-refractivity contribution is 6.12. The molecule has 434 valence electrons. The van der Waals surface area contributed by atoms with Crippen LogP contribution in [0.25, 0.3) is 133 Å². The maximum absolute atomic E-state index is 10.6. The molecular weight excluding hydrogens is 1090 g/mol. The Morgan fingerprint density at radius 1 is 0.511 bits per heavy atom. The molecule has 11 aromatic carbocycles. The van der Waals surface area contributed by atoms with Crippen molar-refractivity contribution < 1.29 is 42.2 Å². The van der Waals surface area contributed by atoms with Gasteiger partial charge in [0, 0.05) is 55.7 Å². The van der Waals surface area contributed by atoms with Crippen LogP contribution >= 0.6 is 0 Å². The maximum atomic E-state index is 10.6. The summed E-state index contributed by atoms with van der Waals surface area (Å²) in [5.41, 5.74) is -5.40. The first-order valence-corrected chi connectivity index (χ1v) is 29.5. The van der Waals surface area contributed by atoms with Gasteiger partial charge in [0.15, 0.2) is 0 Å². The van der Waals surface area contributed by atoms with E-state index in [4.69, 9.17) is 22.1 Å². The molecule has 0 fully saturated rings. The van der Waals surface area contributed by atoms with Gasteiger partial charge in [0.2, 0.25) is 0 Å². The molecule has 0 radical (unpaired) electrons. The summed E-state index contributed by atoms with van der Waals surface area (Å²) in [5.74, 6) is 1.38. The van der Waals surface area contributed by atoms with Crippen LogP contribution in [0.15, 0.2) is 255 Å². The van der Waals surface area contributed by atoms with Gasteiger partial charge >= 0.3 is 0 Å². The summed E-state index contributed by atoms with van der Waals surface area (Å²) in [5, 5.41) is 3.65. The molecule has 4 aromatic heterocycles. The first kappa shape index (κ1) is 34.3. The minimum atomic E-state index is -4.62. The number of hydrogen-bond acceptors (Lipinski definition) is 2. The lowest BCUT2D eigenvalue weighted by atomic mass is 9.63. The number of nitrogens with zero attached hydrogens (tertiary/aromatic N) is 5. The number of imidazole rings is 1. The van der Waals surface area contributed by atoms with E-state index in [2.05, 4.69) is 42.3 Å². The molecule has 90 heavy (non-hydrogen) atoms. The number of benzene rings is 11. The highest BCUT2D eigenvalue weighted by atomic mass is 16.5. The number of ether oxygens (including phenoxy) is 1. The van der Waals surface area contributed by atoms with Crippen LogP contribution in [-0.4, -0.2) is 18.7 Å². The van der Waals surface area contributed by atoms with Gasteiger partial charge in [0.1, 0.15) is 17.3 Å². The van der Waals surface area contributed by atoms with Crippen LogP contribution in [0, 0.1) is 6.33 Å². The molecule has 17 rings (SSSR count). The van der Waals surface area contributed by atoms with E-state index in [1.165, 1.54) is 12.1 Å². The van der Waals surface area contributed by atoms with E-state index in [-0.39, 0.29) is 50.0 Å². The van der Waals surface area contributed by atoms with Gasteiger partial charge < -0.3 is 9.30 Å². The quantitative estimate of drug-likeness (QED) is 0.118. The Balaban J connectivity index is 1.03. The van der Waals surface area contributed by atoms with Crippen molar-refractivity contribution in [3.8, 4) is 90.0 Å². The van der Waals surface area contributed by atoms with Gasteiger partial charge in [-0.25, -0.2) is 4.98 Å². The van der Waals surface area contributed by atoms with Crippen molar-refractivity contribution in [1.29, 1.82) is 0 Å². The Bertz CT molecular complexity index is 6540. The van der Waals surface area contributed by atoms with E-state index in [0.717, 1.165) is 49.2 Å². The number of fused-ring (bicyclic) bond motifs is 14. The van der Waals surface area contributed by atoms with E-state index in [1.54, 1.807) is 71.4 Å². The van der Waals surface area contributed by atoms with Crippen molar-refractivity contribution in [2.45, 2.75) is 77.2 Å². The van der Waals surface area contributed by atoms with Crippen LogP contribution < -0.4 is 9.30 Å². The minimum Gasteiger partial charge on any atom is -0.458 e. The molecule has 0 bridgehead atoms. The molecule has 0 unspecified atom stereocenters. The van der Waals surface area contributed by atoms with Crippen molar-refractivity contribution in [2.75, 3.05) is 0 Å². The minimum absolute atomic E-state index is 0.122. The average Bonchev–Trinajstić information content (AvgIpc) is 0.758. The lowest BCUT2D eigenvalue weighted by Gasteiger charge is -2.42. The van der Waals surface area contributed by atoms with Crippen LogP contribution in [0.5, 0.6) is 11.5 Å². The predicted octanol–water partition coefficient (Wildman–Crippen LogP) is 21.4. The molecule has 6 nitrogen and oxygen atoms in total. The Hall–Kier alpha value is -10.6. The van der Waals surface area contributed by atoms with Crippen molar-refractivity contribution in [1.82, 2.24) is 18.7 Å². The molecule has 6 heteroatoms. The van der Waals surface area contributed by atoms with E-state index in [9.17, 15) is 20.6 Å². The lowest BCUT2D eigenvalue weighted by Crippen LogP contribution is -2.33. The topological polar surface area (TPSA) is 40.8 Å². The SMILES string of the molecule is [2H]c1c([2H])c([2H])c(-c2cccc3c2-c2ccccc2-c2cc(-c4c([2H])c([2H])c5c(c4[2H])C(C([2H])([2H])[2H])(C([2H])([2H])[2H])C([2H])([2H])C([2H])([2H])C5(C([2H])([2H])[2H])C([2H])([2H])[2H])cc4c2[n+]([c-]n4-c2cccc(Oc4ccc5c6ccccc6n(-c6cc(C(C)(C)C)ccn6)c5c4)c2)-c2c-3cccc2-n2c3ccccc3c3ccccc32)c([2H])c1[2H]. The van der Waals surface area contributed by atoms with Gasteiger partial charge in [-0.1, -0.05) is 218 Å². The van der Waals surface area contributed by atoms with E-state index >= 15 is 0 Å². The van der Waals surface area contributed by atoms with Gasteiger partial charge in [-0.3, -0.25) is 13.7 Å². The molecule has 0 saturated heterocycles. The van der Waals surface area contributed by atoms with E-state index < -0.39 is 116 Å². The summed E-state index contributed by atoms with van der Waals surface area (Å²) in [6, 6.07) is 54.0. The van der Waals surface area contributed by atoms with Gasteiger partial charge in [0.25, 0.3) is 6.33 Å². The van der Waals surface area contributed by atoms with Crippen LogP contribution in [0.1, 0.15) is 111 Å². The summed E-state index contributed by atoms with van der Waals surface area (Å²) in [6.07, 6.45) is -3.69.